The molecule has 0 spiro atoms. The largest absolute Gasteiger partial charge is 0.481 e. The third-order valence-electron chi connectivity index (χ3n) is 4.42. The van der Waals surface area contributed by atoms with E-state index in [1.54, 1.807) is 12.1 Å². The van der Waals surface area contributed by atoms with E-state index in [-0.39, 0.29) is 24.2 Å². The number of amides is 1. The number of hydrogen-bond acceptors (Lipinski definition) is 7. The van der Waals surface area contributed by atoms with E-state index in [1.165, 1.54) is 18.5 Å². The fourth-order valence-corrected chi connectivity index (χ4v) is 3.03. The Balaban J connectivity index is 1.71. The highest BCUT2D eigenvalue weighted by atomic mass is 19.1. The van der Waals surface area contributed by atoms with Gasteiger partial charge in [0.1, 0.15) is 12.4 Å². The van der Waals surface area contributed by atoms with Crippen LogP contribution in [-0.2, 0) is 20.9 Å². The predicted octanol–water partition coefficient (Wildman–Crippen LogP) is 0.873. The van der Waals surface area contributed by atoms with Crippen LogP contribution in [0.3, 0.4) is 0 Å². The van der Waals surface area contributed by atoms with Gasteiger partial charge in [0, 0.05) is 42.2 Å². The number of carboxylic acid groups (broad SMARTS) is 1. The van der Waals surface area contributed by atoms with Gasteiger partial charge in [-0.1, -0.05) is 18.2 Å². The van der Waals surface area contributed by atoms with Crippen LogP contribution in [0, 0.1) is 5.82 Å². The quantitative estimate of drug-likeness (QED) is 0.440. The number of halogens is 1. The summed E-state index contributed by atoms with van der Waals surface area (Å²) in [6.07, 6.45) is 1.35. The maximum Gasteiger partial charge on any atom is 0.437 e. The molecular weight excluding hydrogens is 411 g/mol. The van der Waals surface area contributed by atoms with Gasteiger partial charge in [0.2, 0.25) is 5.95 Å². The molecular formula is C19H21FN6O5. The highest BCUT2D eigenvalue weighted by Gasteiger charge is 2.24. The molecule has 1 unspecified atom stereocenters. The van der Waals surface area contributed by atoms with Crippen LogP contribution in [-0.4, -0.2) is 58.9 Å². The Labute approximate surface area is 176 Å². The molecule has 0 aliphatic carbocycles. The molecule has 1 fully saturated rings. The van der Waals surface area contributed by atoms with Crippen molar-refractivity contribution in [3.8, 4) is 11.1 Å². The van der Waals surface area contributed by atoms with Crippen molar-refractivity contribution in [1.82, 2.24) is 9.97 Å². The van der Waals surface area contributed by atoms with E-state index in [9.17, 15) is 14.0 Å². The Morgan fingerprint density at radius 1 is 1.32 bits per heavy atom. The molecule has 0 radical (unpaired) electrons. The maximum absolute atomic E-state index is 14.9. The molecule has 2 heterocycles. The van der Waals surface area contributed by atoms with E-state index < -0.39 is 29.9 Å². The van der Waals surface area contributed by atoms with E-state index in [0.717, 1.165) is 0 Å². The van der Waals surface area contributed by atoms with Crippen LogP contribution in [0.2, 0.25) is 0 Å². The molecule has 1 aromatic carbocycles. The first-order chi connectivity index (χ1) is 14.8. The van der Waals surface area contributed by atoms with Crippen LogP contribution in [0.25, 0.3) is 11.1 Å². The summed E-state index contributed by atoms with van der Waals surface area (Å²) in [6, 6.07) is 4.62. The minimum absolute atomic E-state index is 0.111. The molecule has 11 nitrogen and oxygen atoms in total. The second-order valence-electron chi connectivity index (χ2n) is 6.68. The van der Waals surface area contributed by atoms with Crippen LogP contribution >= 0.6 is 0 Å². The molecule has 1 atom stereocenters. The van der Waals surface area contributed by atoms with Gasteiger partial charge in [-0.2, -0.15) is 0 Å². The Morgan fingerprint density at radius 2 is 2.06 bits per heavy atom. The number of nitrogens with two attached hydrogens (primary N) is 2. The summed E-state index contributed by atoms with van der Waals surface area (Å²) in [6.45, 7) is 0.863. The monoisotopic (exact) mass is 432 g/mol. The number of carboxylic acids is 1. The van der Waals surface area contributed by atoms with E-state index in [2.05, 4.69) is 15.0 Å². The lowest BCUT2D eigenvalue weighted by atomic mass is 10.1. The second kappa shape index (κ2) is 9.80. The summed E-state index contributed by atoms with van der Waals surface area (Å²) in [7, 11) is 0. The van der Waals surface area contributed by atoms with Crippen molar-refractivity contribution in [2.24, 2.45) is 16.5 Å². The number of guanidine groups is 1. The van der Waals surface area contributed by atoms with Gasteiger partial charge < -0.3 is 30.9 Å². The van der Waals surface area contributed by atoms with Crippen LogP contribution in [0.15, 0.2) is 35.6 Å². The van der Waals surface area contributed by atoms with Crippen LogP contribution in [0.5, 0.6) is 0 Å². The summed E-state index contributed by atoms with van der Waals surface area (Å²) >= 11 is 0. The maximum atomic E-state index is 14.9. The van der Waals surface area contributed by atoms with Crippen molar-refractivity contribution in [3.63, 3.8) is 0 Å². The molecule has 0 bridgehead atoms. The number of aliphatic imine (C=N–C) groups is 1. The Morgan fingerprint density at radius 3 is 2.74 bits per heavy atom. The summed E-state index contributed by atoms with van der Waals surface area (Å²) in [5.41, 5.74) is 11.0. The summed E-state index contributed by atoms with van der Waals surface area (Å²) < 4.78 is 25.2. The second-order valence-corrected chi connectivity index (χ2v) is 6.68. The molecule has 1 amide bonds. The van der Waals surface area contributed by atoms with Crippen molar-refractivity contribution in [2.75, 3.05) is 24.6 Å². The number of morpholine rings is 1. The smallest absolute Gasteiger partial charge is 0.437 e. The van der Waals surface area contributed by atoms with Crippen molar-refractivity contribution in [3.05, 3.63) is 42.0 Å². The molecule has 1 saturated heterocycles. The van der Waals surface area contributed by atoms with Crippen molar-refractivity contribution in [2.45, 2.75) is 19.1 Å². The molecule has 1 aliphatic heterocycles. The summed E-state index contributed by atoms with van der Waals surface area (Å²) in [4.78, 5) is 35.9. The van der Waals surface area contributed by atoms with Gasteiger partial charge in [0.15, 0.2) is 5.96 Å². The average molecular weight is 432 g/mol. The number of carbonyl (C=O) groups is 2. The first-order valence-corrected chi connectivity index (χ1v) is 9.28. The van der Waals surface area contributed by atoms with Gasteiger partial charge >= 0.3 is 12.1 Å². The van der Waals surface area contributed by atoms with Crippen LogP contribution in [0.1, 0.15) is 12.0 Å². The summed E-state index contributed by atoms with van der Waals surface area (Å²) in [5, 5.41) is 8.93. The van der Waals surface area contributed by atoms with Gasteiger partial charge in [-0.25, -0.2) is 19.2 Å². The van der Waals surface area contributed by atoms with Crippen LogP contribution < -0.4 is 16.4 Å². The van der Waals surface area contributed by atoms with Gasteiger partial charge in [-0.05, 0) is 0 Å². The van der Waals surface area contributed by atoms with E-state index in [1.807, 2.05) is 4.90 Å². The number of benzene rings is 1. The van der Waals surface area contributed by atoms with Gasteiger partial charge in [0.25, 0.3) is 0 Å². The minimum Gasteiger partial charge on any atom is -0.481 e. The first-order valence-electron chi connectivity index (χ1n) is 9.28. The number of carbonyl (C=O) groups excluding carboxylic acids is 1. The normalized spacial score (nSPS) is 15.9. The van der Waals surface area contributed by atoms with Crippen molar-refractivity contribution in [1.29, 1.82) is 0 Å². The summed E-state index contributed by atoms with van der Waals surface area (Å²) in [5.74, 6) is -1.59. The number of ether oxygens (including phenoxy) is 2. The van der Waals surface area contributed by atoms with E-state index in [4.69, 9.17) is 26.0 Å². The molecule has 164 valence electrons. The highest BCUT2D eigenvalue weighted by molar-refractivity contribution is 5.87. The minimum atomic E-state index is -1.02. The zero-order valence-electron chi connectivity index (χ0n) is 16.4. The SMILES string of the molecule is NC(N)=NC(=O)OCc1cccc(-c2cnc(N3CCOC(CC(=O)O)C3)nc2)c1F. The number of aliphatic carboxylic acids is 1. The zero-order valence-corrected chi connectivity index (χ0v) is 16.4. The Kier molecular flexibility index (Phi) is 6.92. The fourth-order valence-electron chi connectivity index (χ4n) is 3.03. The van der Waals surface area contributed by atoms with E-state index in [0.29, 0.717) is 31.2 Å². The van der Waals surface area contributed by atoms with Gasteiger partial charge in [-0.3, -0.25) is 4.79 Å². The molecule has 12 heteroatoms. The Bertz CT molecular complexity index is 980. The Hall–Kier alpha value is -3.80. The molecule has 1 aliphatic rings. The molecule has 1 aromatic heterocycles. The van der Waals surface area contributed by atoms with Crippen LogP contribution in [0.4, 0.5) is 15.1 Å². The lowest BCUT2D eigenvalue weighted by Crippen LogP contribution is -2.44. The number of anilines is 1. The topological polar surface area (TPSA) is 166 Å². The van der Waals surface area contributed by atoms with E-state index >= 15 is 0 Å². The molecule has 5 N–H and O–H groups in total. The van der Waals surface area contributed by atoms with Gasteiger partial charge in [0.05, 0.1) is 19.1 Å². The van der Waals surface area contributed by atoms with Crippen molar-refractivity contribution >= 4 is 24.0 Å². The lowest BCUT2D eigenvalue weighted by Gasteiger charge is -2.32. The molecule has 31 heavy (non-hydrogen) atoms. The van der Waals surface area contributed by atoms with Gasteiger partial charge in [-0.15, -0.1) is 4.99 Å². The third-order valence-corrected chi connectivity index (χ3v) is 4.42. The lowest BCUT2D eigenvalue weighted by molar-refractivity contribution is -0.140. The zero-order chi connectivity index (χ0) is 22.4. The number of hydrogen-bond donors (Lipinski definition) is 3. The number of rotatable bonds is 6. The fraction of sp³-hybridized carbons (Fsp3) is 0.316. The highest BCUT2D eigenvalue weighted by Crippen LogP contribution is 2.25. The number of aromatic nitrogens is 2. The van der Waals surface area contributed by atoms with Crippen molar-refractivity contribution < 1.29 is 28.6 Å². The average Bonchev–Trinajstić information content (AvgIpc) is 2.72. The molecule has 3 rings (SSSR count). The number of nitrogens with zero attached hydrogens (tertiary/aromatic N) is 4. The third kappa shape index (κ3) is 5.85. The predicted molar refractivity (Wildman–Crippen MR) is 108 cm³/mol. The first kappa shape index (κ1) is 21.9. The molecule has 0 saturated carbocycles. The standard InChI is InChI=1S/C19H21FN6O5/c20-16-11(10-31-19(29)25-17(21)22)2-1-3-14(16)12-7-23-18(24-8-12)26-4-5-30-13(9-26)6-15(27)28/h1-3,7-8,13H,4-6,9-10H2,(H,27,28)(H4,21,22,25,29). The molecule has 2 aromatic rings.